The Bertz CT molecular complexity index is 752. The molecule has 1 amide bonds. The molecule has 1 aliphatic rings. The molecule has 3 rings (SSSR count). The van der Waals surface area contributed by atoms with Gasteiger partial charge in [0.15, 0.2) is 5.16 Å². The molecule has 1 fully saturated rings. The van der Waals surface area contributed by atoms with Crippen molar-refractivity contribution >= 4 is 23.4 Å². The summed E-state index contributed by atoms with van der Waals surface area (Å²) in [5, 5.41) is 9.38. The van der Waals surface area contributed by atoms with Crippen molar-refractivity contribution in [3.63, 3.8) is 0 Å². The van der Waals surface area contributed by atoms with E-state index in [2.05, 4.69) is 27.9 Å². The predicted molar refractivity (Wildman–Crippen MR) is 102 cm³/mol. The lowest BCUT2D eigenvalue weighted by Crippen LogP contribution is -2.32. The van der Waals surface area contributed by atoms with Crippen LogP contribution < -0.4 is 4.90 Å². The fourth-order valence-corrected chi connectivity index (χ4v) is 3.47. The molecule has 0 aliphatic heterocycles. The van der Waals surface area contributed by atoms with Gasteiger partial charge < -0.3 is 9.47 Å². The van der Waals surface area contributed by atoms with Gasteiger partial charge in [0.2, 0.25) is 5.91 Å². The van der Waals surface area contributed by atoms with Crippen LogP contribution in [0.4, 0.5) is 5.69 Å². The van der Waals surface area contributed by atoms with Crippen LogP contribution in [-0.4, -0.2) is 33.0 Å². The molecular formula is C19H22N4OS. The van der Waals surface area contributed by atoms with Crippen LogP contribution in [0.1, 0.15) is 24.6 Å². The normalized spacial score (nSPS) is 13.4. The van der Waals surface area contributed by atoms with Gasteiger partial charge in [0.05, 0.1) is 5.75 Å². The first-order chi connectivity index (χ1) is 12.2. The molecule has 1 aromatic carbocycles. The number of carbonyl (C=O) groups excluding carboxylic acids is 1. The van der Waals surface area contributed by atoms with Crippen molar-refractivity contribution in [1.82, 2.24) is 14.8 Å². The summed E-state index contributed by atoms with van der Waals surface area (Å²) in [6.45, 7) is 8.72. The molecule has 1 aromatic heterocycles. The molecule has 0 saturated heterocycles. The maximum Gasteiger partial charge on any atom is 0.237 e. The molecule has 0 bridgehead atoms. The van der Waals surface area contributed by atoms with Gasteiger partial charge in [-0.05, 0) is 25.0 Å². The Kier molecular flexibility index (Phi) is 5.71. The van der Waals surface area contributed by atoms with Crippen molar-refractivity contribution in [2.24, 2.45) is 0 Å². The third-order valence-electron chi connectivity index (χ3n) is 4.00. The van der Waals surface area contributed by atoms with Gasteiger partial charge in [0.25, 0.3) is 0 Å². The van der Waals surface area contributed by atoms with Crippen LogP contribution in [0, 0.1) is 0 Å². The summed E-state index contributed by atoms with van der Waals surface area (Å²) in [5.41, 5.74) is 0.874. The van der Waals surface area contributed by atoms with E-state index >= 15 is 0 Å². The van der Waals surface area contributed by atoms with E-state index in [-0.39, 0.29) is 5.91 Å². The molecule has 0 spiro atoms. The molecule has 6 heteroatoms. The molecule has 2 aromatic rings. The second-order valence-electron chi connectivity index (χ2n) is 5.93. The van der Waals surface area contributed by atoms with Crippen molar-refractivity contribution in [1.29, 1.82) is 0 Å². The van der Waals surface area contributed by atoms with E-state index in [9.17, 15) is 4.79 Å². The molecule has 1 heterocycles. The highest BCUT2D eigenvalue weighted by Crippen LogP contribution is 2.40. The minimum Gasteiger partial charge on any atom is -0.308 e. The number of nitrogens with zero attached hydrogens (tertiary/aromatic N) is 4. The quantitative estimate of drug-likeness (QED) is 0.509. The van der Waals surface area contributed by atoms with E-state index in [1.807, 2.05) is 36.4 Å². The molecule has 25 heavy (non-hydrogen) atoms. The number of hydrogen-bond acceptors (Lipinski definition) is 4. The SMILES string of the molecule is C=CCN(C(=O)CSc1nnc(C2CC2)n1CC=C)c1ccccc1. The molecule has 1 aliphatic carbocycles. The Morgan fingerprint density at radius 2 is 2.00 bits per heavy atom. The fraction of sp³-hybridized carbons (Fsp3) is 0.316. The van der Waals surface area contributed by atoms with Crippen molar-refractivity contribution in [2.75, 3.05) is 17.2 Å². The Hall–Kier alpha value is -2.34. The molecule has 1 saturated carbocycles. The fourth-order valence-electron chi connectivity index (χ4n) is 2.64. The van der Waals surface area contributed by atoms with E-state index in [4.69, 9.17) is 0 Å². The Labute approximate surface area is 152 Å². The molecule has 0 radical (unpaired) electrons. The zero-order valence-corrected chi connectivity index (χ0v) is 15.0. The van der Waals surface area contributed by atoms with Gasteiger partial charge in [-0.1, -0.05) is 42.1 Å². The monoisotopic (exact) mass is 354 g/mol. The minimum absolute atomic E-state index is 0.0252. The predicted octanol–water partition coefficient (Wildman–Crippen LogP) is 3.65. The molecule has 0 N–H and O–H groups in total. The maximum atomic E-state index is 12.7. The number of anilines is 1. The molecule has 0 atom stereocenters. The van der Waals surface area contributed by atoms with Gasteiger partial charge in [-0.2, -0.15) is 0 Å². The van der Waals surface area contributed by atoms with E-state index in [1.54, 1.807) is 11.0 Å². The average molecular weight is 354 g/mol. The van der Waals surface area contributed by atoms with E-state index in [0.29, 0.717) is 24.8 Å². The lowest BCUT2D eigenvalue weighted by molar-refractivity contribution is -0.116. The van der Waals surface area contributed by atoms with Crippen molar-refractivity contribution < 1.29 is 4.79 Å². The lowest BCUT2D eigenvalue weighted by atomic mass is 10.3. The van der Waals surface area contributed by atoms with Crippen molar-refractivity contribution in [3.8, 4) is 0 Å². The van der Waals surface area contributed by atoms with Crippen LogP contribution in [0.15, 0.2) is 60.8 Å². The van der Waals surface area contributed by atoms with Crippen LogP contribution in [0.5, 0.6) is 0 Å². The topological polar surface area (TPSA) is 51.0 Å². The van der Waals surface area contributed by atoms with Gasteiger partial charge in [0.1, 0.15) is 5.82 Å². The minimum atomic E-state index is 0.0252. The summed E-state index contributed by atoms with van der Waals surface area (Å²) < 4.78 is 2.07. The van der Waals surface area contributed by atoms with Gasteiger partial charge in [-0.15, -0.1) is 23.4 Å². The van der Waals surface area contributed by atoms with Crippen LogP contribution in [0.3, 0.4) is 0 Å². The number of amides is 1. The second kappa shape index (κ2) is 8.16. The number of thioether (sulfide) groups is 1. The third kappa shape index (κ3) is 4.20. The summed E-state index contributed by atoms with van der Waals surface area (Å²) in [7, 11) is 0. The first-order valence-electron chi connectivity index (χ1n) is 8.37. The van der Waals surface area contributed by atoms with Gasteiger partial charge in [-0.25, -0.2) is 0 Å². The summed E-state index contributed by atoms with van der Waals surface area (Å²) in [4.78, 5) is 14.4. The third-order valence-corrected chi connectivity index (χ3v) is 4.96. The smallest absolute Gasteiger partial charge is 0.237 e. The molecular weight excluding hydrogens is 332 g/mol. The number of hydrogen-bond donors (Lipinski definition) is 0. The van der Waals surface area contributed by atoms with Crippen LogP contribution in [0.2, 0.25) is 0 Å². The number of carbonyl (C=O) groups is 1. The molecule has 0 unspecified atom stereocenters. The summed E-state index contributed by atoms with van der Waals surface area (Å²) in [6.07, 6.45) is 5.91. The number of para-hydroxylation sites is 1. The maximum absolute atomic E-state index is 12.7. The number of aromatic nitrogens is 3. The second-order valence-corrected chi connectivity index (χ2v) is 6.87. The van der Waals surface area contributed by atoms with Crippen LogP contribution >= 0.6 is 11.8 Å². The highest BCUT2D eigenvalue weighted by molar-refractivity contribution is 7.99. The summed E-state index contributed by atoms with van der Waals surface area (Å²) >= 11 is 1.43. The Morgan fingerprint density at radius 3 is 2.64 bits per heavy atom. The lowest BCUT2D eigenvalue weighted by Gasteiger charge is -2.21. The van der Waals surface area contributed by atoms with Gasteiger partial charge in [-0.3, -0.25) is 4.79 Å². The standard InChI is InChI=1S/C19H22N4OS/c1-3-12-22(16-8-6-5-7-9-16)17(24)14-25-19-21-20-18(15-10-11-15)23(19)13-4-2/h3-9,15H,1-2,10-14H2. The zero-order chi connectivity index (χ0) is 17.6. The number of rotatable bonds is 9. The van der Waals surface area contributed by atoms with Crippen LogP contribution in [-0.2, 0) is 11.3 Å². The van der Waals surface area contributed by atoms with Gasteiger partial charge in [0, 0.05) is 24.7 Å². The summed E-state index contributed by atoms with van der Waals surface area (Å²) in [6, 6.07) is 9.64. The zero-order valence-electron chi connectivity index (χ0n) is 14.2. The van der Waals surface area contributed by atoms with E-state index in [1.165, 1.54) is 24.6 Å². The molecule has 130 valence electrons. The van der Waals surface area contributed by atoms with Gasteiger partial charge >= 0.3 is 0 Å². The Balaban J connectivity index is 1.70. The van der Waals surface area contributed by atoms with Crippen molar-refractivity contribution in [3.05, 3.63) is 61.5 Å². The highest BCUT2D eigenvalue weighted by Gasteiger charge is 2.30. The number of benzene rings is 1. The highest BCUT2D eigenvalue weighted by atomic mass is 32.2. The van der Waals surface area contributed by atoms with Crippen LogP contribution in [0.25, 0.3) is 0 Å². The molecule has 5 nitrogen and oxygen atoms in total. The van der Waals surface area contributed by atoms with E-state index < -0.39 is 0 Å². The van der Waals surface area contributed by atoms with E-state index in [0.717, 1.165) is 16.7 Å². The average Bonchev–Trinajstić information content (AvgIpc) is 3.40. The largest absolute Gasteiger partial charge is 0.308 e. The Morgan fingerprint density at radius 1 is 1.24 bits per heavy atom. The first-order valence-corrected chi connectivity index (χ1v) is 9.36. The summed E-state index contributed by atoms with van der Waals surface area (Å²) in [5.74, 6) is 1.86. The van der Waals surface area contributed by atoms with Crippen molar-refractivity contribution in [2.45, 2.75) is 30.5 Å². The first kappa shape index (κ1) is 17.5. The number of allylic oxidation sites excluding steroid dienone is 1.